The number of rotatable bonds is 1. The van der Waals surface area contributed by atoms with E-state index >= 15 is 0 Å². The fourth-order valence-electron chi connectivity index (χ4n) is 0.529. The number of carbonyl (C=O) groups is 1. The number of carbonyl (C=O) groups excluding carboxylic acids is 1. The highest BCUT2D eigenvalue weighted by Crippen LogP contribution is 2.11. The summed E-state index contributed by atoms with van der Waals surface area (Å²) < 4.78 is 0. The zero-order chi connectivity index (χ0) is 6.69. The lowest BCUT2D eigenvalue weighted by atomic mass is 10.2. The molecule has 0 aliphatic rings. The Labute approximate surface area is 52.8 Å². The standard InChI is InChI=1S/C7H5O2/c8-5-6-3-1-2-4-7(6)9/h2-5,9H. The molecule has 0 heterocycles. The van der Waals surface area contributed by atoms with Gasteiger partial charge in [-0.05, 0) is 18.2 Å². The molecule has 1 radical (unpaired) electrons. The van der Waals surface area contributed by atoms with Gasteiger partial charge in [0.25, 0.3) is 0 Å². The molecule has 0 aliphatic carbocycles. The molecule has 0 atom stereocenters. The summed E-state index contributed by atoms with van der Waals surface area (Å²) in [5.41, 5.74) is 0.275. The second kappa shape index (κ2) is 2.31. The summed E-state index contributed by atoms with van der Waals surface area (Å²) in [7, 11) is 0. The predicted octanol–water partition coefficient (Wildman–Crippen LogP) is 1.00. The van der Waals surface area contributed by atoms with Crippen molar-refractivity contribution < 1.29 is 9.90 Å². The van der Waals surface area contributed by atoms with Gasteiger partial charge in [0.2, 0.25) is 0 Å². The SMILES string of the molecule is O=Cc1c[c]ccc1O. The average molecular weight is 121 g/mol. The first-order chi connectivity index (χ1) is 4.34. The van der Waals surface area contributed by atoms with Crippen LogP contribution in [0.5, 0.6) is 5.75 Å². The Morgan fingerprint density at radius 2 is 2.44 bits per heavy atom. The monoisotopic (exact) mass is 121 g/mol. The Hall–Kier alpha value is -1.31. The Bertz CT molecular complexity index is 218. The van der Waals surface area contributed by atoms with Crippen molar-refractivity contribution >= 4 is 6.29 Å². The maximum absolute atomic E-state index is 10.0. The van der Waals surface area contributed by atoms with Crippen molar-refractivity contribution in [3.05, 3.63) is 29.8 Å². The molecule has 0 fully saturated rings. The number of phenols is 1. The van der Waals surface area contributed by atoms with Crippen LogP contribution in [0.15, 0.2) is 18.2 Å². The minimum absolute atomic E-state index is 0.00347. The second-order valence-corrected chi connectivity index (χ2v) is 1.60. The minimum atomic E-state index is 0.00347. The predicted molar refractivity (Wildman–Crippen MR) is 32.3 cm³/mol. The van der Waals surface area contributed by atoms with E-state index < -0.39 is 0 Å². The van der Waals surface area contributed by atoms with E-state index in [1.807, 2.05) is 0 Å². The zero-order valence-corrected chi connectivity index (χ0v) is 4.66. The molecule has 0 aliphatic heterocycles. The van der Waals surface area contributed by atoms with Gasteiger partial charge >= 0.3 is 0 Å². The fraction of sp³-hybridized carbons (Fsp3) is 0. The highest BCUT2D eigenvalue weighted by Gasteiger charge is 1.93. The number of benzene rings is 1. The molecule has 9 heavy (non-hydrogen) atoms. The van der Waals surface area contributed by atoms with Gasteiger partial charge in [0.05, 0.1) is 5.56 Å². The molecule has 1 rings (SSSR count). The zero-order valence-electron chi connectivity index (χ0n) is 4.66. The van der Waals surface area contributed by atoms with Crippen LogP contribution < -0.4 is 0 Å². The van der Waals surface area contributed by atoms with Crippen LogP contribution in [0, 0.1) is 6.07 Å². The average Bonchev–Trinajstić information content (AvgIpc) is 1.89. The summed E-state index contributed by atoms with van der Waals surface area (Å²) >= 11 is 0. The van der Waals surface area contributed by atoms with Crippen molar-refractivity contribution in [2.75, 3.05) is 0 Å². The quantitative estimate of drug-likeness (QED) is 0.563. The molecule has 0 aromatic heterocycles. The molecule has 2 nitrogen and oxygen atoms in total. The van der Waals surface area contributed by atoms with Crippen LogP contribution in [0.4, 0.5) is 0 Å². The van der Waals surface area contributed by atoms with E-state index in [-0.39, 0.29) is 11.3 Å². The van der Waals surface area contributed by atoms with E-state index in [0.29, 0.717) is 6.29 Å². The maximum Gasteiger partial charge on any atom is 0.153 e. The molecule has 2 heteroatoms. The highest BCUT2D eigenvalue weighted by atomic mass is 16.3. The van der Waals surface area contributed by atoms with Crippen molar-refractivity contribution in [3.63, 3.8) is 0 Å². The van der Waals surface area contributed by atoms with E-state index in [1.165, 1.54) is 12.1 Å². The van der Waals surface area contributed by atoms with E-state index in [4.69, 9.17) is 5.11 Å². The topological polar surface area (TPSA) is 37.3 Å². The van der Waals surface area contributed by atoms with Gasteiger partial charge in [0, 0.05) is 0 Å². The molecule has 0 bridgehead atoms. The van der Waals surface area contributed by atoms with Crippen LogP contribution in [-0.4, -0.2) is 11.4 Å². The van der Waals surface area contributed by atoms with Crippen molar-refractivity contribution in [1.82, 2.24) is 0 Å². The van der Waals surface area contributed by atoms with Crippen LogP contribution in [0.1, 0.15) is 10.4 Å². The lowest BCUT2D eigenvalue weighted by molar-refractivity contribution is 0.112. The molecule has 0 amide bonds. The van der Waals surface area contributed by atoms with Crippen LogP contribution >= 0.6 is 0 Å². The van der Waals surface area contributed by atoms with Crippen molar-refractivity contribution in [3.8, 4) is 5.75 Å². The fourth-order valence-corrected chi connectivity index (χ4v) is 0.529. The minimum Gasteiger partial charge on any atom is -0.507 e. The lowest BCUT2D eigenvalue weighted by Crippen LogP contribution is -1.77. The van der Waals surface area contributed by atoms with Gasteiger partial charge in [-0.3, -0.25) is 4.79 Å². The number of aromatic hydroxyl groups is 1. The van der Waals surface area contributed by atoms with E-state index in [1.54, 1.807) is 6.07 Å². The number of aldehydes is 1. The van der Waals surface area contributed by atoms with Crippen molar-refractivity contribution in [1.29, 1.82) is 0 Å². The van der Waals surface area contributed by atoms with E-state index in [2.05, 4.69) is 6.07 Å². The van der Waals surface area contributed by atoms with Gasteiger partial charge in [0.1, 0.15) is 5.75 Å². The van der Waals surface area contributed by atoms with Gasteiger partial charge in [-0.2, -0.15) is 0 Å². The first kappa shape index (κ1) is 5.82. The van der Waals surface area contributed by atoms with Gasteiger partial charge in [-0.25, -0.2) is 0 Å². The van der Waals surface area contributed by atoms with Gasteiger partial charge in [-0.1, -0.05) is 6.07 Å². The van der Waals surface area contributed by atoms with Gasteiger partial charge in [0.15, 0.2) is 6.29 Å². The summed E-state index contributed by atoms with van der Waals surface area (Å²) in [6.45, 7) is 0. The first-order valence-electron chi connectivity index (χ1n) is 2.49. The van der Waals surface area contributed by atoms with Crippen LogP contribution in [-0.2, 0) is 0 Å². The van der Waals surface area contributed by atoms with Crippen molar-refractivity contribution in [2.24, 2.45) is 0 Å². The first-order valence-corrected chi connectivity index (χ1v) is 2.49. The molecule has 1 aromatic rings. The Balaban J connectivity index is 3.15. The summed E-state index contributed by atoms with van der Waals surface area (Å²) in [6, 6.07) is 7.06. The molecule has 1 aromatic carbocycles. The molecule has 0 spiro atoms. The van der Waals surface area contributed by atoms with Crippen LogP contribution in [0.3, 0.4) is 0 Å². The normalized spacial score (nSPS) is 8.89. The molecular formula is C7H5O2. The van der Waals surface area contributed by atoms with E-state index in [9.17, 15) is 4.79 Å². The third-order valence-electron chi connectivity index (χ3n) is 0.999. The molecule has 0 saturated heterocycles. The number of hydrogen-bond donors (Lipinski definition) is 1. The molecule has 0 unspecified atom stereocenters. The summed E-state index contributed by atoms with van der Waals surface area (Å²) in [5.74, 6) is 0.00347. The van der Waals surface area contributed by atoms with Crippen LogP contribution in [0.25, 0.3) is 0 Å². The lowest BCUT2D eigenvalue weighted by Gasteiger charge is -1.90. The Kier molecular flexibility index (Phi) is 1.49. The largest absolute Gasteiger partial charge is 0.507 e. The highest BCUT2D eigenvalue weighted by molar-refractivity contribution is 5.78. The van der Waals surface area contributed by atoms with Gasteiger partial charge < -0.3 is 5.11 Å². The van der Waals surface area contributed by atoms with Crippen molar-refractivity contribution in [2.45, 2.75) is 0 Å². The molecule has 45 valence electrons. The third-order valence-corrected chi connectivity index (χ3v) is 0.999. The Morgan fingerprint density at radius 1 is 1.67 bits per heavy atom. The van der Waals surface area contributed by atoms with Gasteiger partial charge in [-0.15, -0.1) is 0 Å². The summed E-state index contributed by atoms with van der Waals surface area (Å²) in [5, 5.41) is 8.86. The number of phenolic OH excluding ortho intramolecular Hbond substituents is 1. The Morgan fingerprint density at radius 3 is 2.89 bits per heavy atom. The molecular weight excluding hydrogens is 116 g/mol. The molecule has 0 saturated carbocycles. The van der Waals surface area contributed by atoms with E-state index in [0.717, 1.165) is 0 Å². The van der Waals surface area contributed by atoms with Crippen LogP contribution in [0.2, 0.25) is 0 Å². The molecule has 1 N–H and O–H groups in total. The number of hydrogen-bond acceptors (Lipinski definition) is 2. The smallest absolute Gasteiger partial charge is 0.153 e. The summed E-state index contributed by atoms with van der Waals surface area (Å²) in [4.78, 5) is 10.0. The maximum atomic E-state index is 10.0. The third kappa shape index (κ3) is 1.08. The second-order valence-electron chi connectivity index (χ2n) is 1.60. The summed E-state index contributed by atoms with van der Waals surface area (Å²) in [6.07, 6.45) is 0.589.